The van der Waals surface area contributed by atoms with Crippen LogP contribution in [0.2, 0.25) is 0 Å². The second kappa shape index (κ2) is 9.63. The van der Waals surface area contributed by atoms with E-state index in [0.29, 0.717) is 24.1 Å². The highest BCUT2D eigenvalue weighted by molar-refractivity contribution is 7.89. The van der Waals surface area contributed by atoms with Crippen molar-refractivity contribution in [3.05, 3.63) is 90.4 Å². The van der Waals surface area contributed by atoms with E-state index in [4.69, 9.17) is 9.88 Å². The number of rotatable bonds is 8. The summed E-state index contributed by atoms with van der Waals surface area (Å²) in [5.74, 6) is 1.71. The number of benzene rings is 2. The number of aromatic nitrogens is 3. The third-order valence-electron chi connectivity index (χ3n) is 4.53. The zero-order chi connectivity index (χ0) is 23.3. The lowest BCUT2D eigenvalue weighted by molar-refractivity contribution is 0.301. The Kier molecular flexibility index (Phi) is 6.48. The molecule has 2 heterocycles. The topological polar surface area (TPSA) is 132 Å². The van der Waals surface area contributed by atoms with Crippen molar-refractivity contribution in [3.63, 3.8) is 0 Å². The zero-order valence-corrected chi connectivity index (χ0v) is 18.6. The Morgan fingerprint density at radius 2 is 1.61 bits per heavy atom. The number of hydrogen-bond donors (Lipinski definition) is 3. The summed E-state index contributed by atoms with van der Waals surface area (Å²) >= 11 is 0. The maximum Gasteiger partial charge on any atom is 0.238 e. The number of ether oxygens (including phenoxy) is 1. The molecular formula is C23H22N6O3S. The normalized spacial score (nSPS) is 11.1. The molecule has 0 amide bonds. The summed E-state index contributed by atoms with van der Waals surface area (Å²) in [5, 5.41) is 11.4. The lowest BCUT2D eigenvalue weighted by atomic mass is 10.3. The van der Waals surface area contributed by atoms with Crippen molar-refractivity contribution < 1.29 is 13.2 Å². The minimum absolute atomic E-state index is 0.0352. The second-order valence-corrected chi connectivity index (χ2v) is 8.73. The molecule has 0 aliphatic rings. The zero-order valence-electron chi connectivity index (χ0n) is 17.8. The van der Waals surface area contributed by atoms with Crippen LogP contribution in [0.5, 0.6) is 5.75 Å². The van der Waals surface area contributed by atoms with Crippen LogP contribution in [0.25, 0.3) is 0 Å². The lowest BCUT2D eigenvalue weighted by Gasteiger charge is -2.11. The van der Waals surface area contributed by atoms with Crippen LogP contribution in [-0.4, -0.2) is 23.4 Å². The van der Waals surface area contributed by atoms with Crippen LogP contribution in [0.15, 0.2) is 83.9 Å². The number of aryl methyl sites for hydroxylation is 1. The molecule has 10 heteroatoms. The lowest BCUT2D eigenvalue weighted by Crippen LogP contribution is -2.11. The van der Waals surface area contributed by atoms with Gasteiger partial charge in [0.15, 0.2) is 0 Å². The molecule has 0 unspecified atom stereocenters. The van der Waals surface area contributed by atoms with E-state index >= 15 is 0 Å². The molecule has 33 heavy (non-hydrogen) atoms. The number of pyridine rings is 1. The molecule has 0 aliphatic carbocycles. The van der Waals surface area contributed by atoms with Crippen LogP contribution < -0.4 is 20.5 Å². The quantitative estimate of drug-likeness (QED) is 0.359. The number of nitrogens with two attached hydrogens (primary N) is 1. The third kappa shape index (κ3) is 6.25. The smallest absolute Gasteiger partial charge is 0.238 e. The van der Waals surface area contributed by atoms with Gasteiger partial charge in [-0.2, -0.15) is 4.98 Å². The average Bonchev–Trinajstić information content (AvgIpc) is 2.79. The van der Waals surface area contributed by atoms with Gasteiger partial charge in [0.25, 0.3) is 0 Å². The molecule has 9 nitrogen and oxygen atoms in total. The molecule has 0 aliphatic heterocycles. The Morgan fingerprint density at radius 1 is 0.909 bits per heavy atom. The van der Waals surface area contributed by atoms with Crippen LogP contribution in [0.1, 0.15) is 11.4 Å². The molecule has 0 saturated heterocycles. The van der Waals surface area contributed by atoms with E-state index in [9.17, 15) is 8.42 Å². The number of sulfonamides is 1. The fourth-order valence-corrected chi connectivity index (χ4v) is 3.48. The van der Waals surface area contributed by atoms with Gasteiger partial charge in [-0.3, -0.25) is 4.98 Å². The Bertz CT molecular complexity index is 1330. The van der Waals surface area contributed by atoms with Crippen molar-refractivity contribution >= 4 is 33.2 Å². The summed E-state index contributed by atoms with van der Waals surface area (Å²) in [6.45, 7) is 2.25. The van der Waals surface area contributed by atoms with Gasteiger partial charge in [0.05, 0.1) is 10.6 Å². The van der Waals surface area contributed by atoms with E-state index in [2.05, 4.69) is 25.6 Å². The van der Waals surface area contributed by atoms with E-state index in [1.807, 2.05) is 55.5 Å². The summed E-state index contributed by atoms with van der Waals surface area (Å²) in [6, 6.07) is 21.1. The summed E-state index contributed by atoms with van der Waals surface area (Å²) in [7, 11) is -3.74. The second-order valence-electron chi connectivity index (χ2n) is 7.17. The Labute approximate surface area is 191 Å². The molecule has 0 bridgehead atoms. The maximum atomic E-state index is 11.4. The molecule has 2 aromatic heterocycles. The van der Waals surface area contributed by atoms with Crippen molar-refractivity contribution in [1.82, 2.24) is 15.0 Å². The molecule has 2 aromatic carbocycles. The number of hydrogen-bond acceptors (Lipinski definition) is 8. The number of primary sulfonamides is 1. The molecule has 0 fully saturated rings. The fourth-order valence-electron chi connectivity index (χ4n) is 2.97. The highest BCUT2D eigenvalue weighted by Gasteiger charge is 2.08. The maximum absolute atomic E-state index is 11.4. The van der Waals surface area contributed by atoms with Gasteiger partial charge >= 0.3 is 0 Å². The molecule has 4 N–H and O–H groups in total. The van der Waals surface area contributed by atoms with Crippen LogP contribution >= 0.6 is 0 Å². The average molecular weight is 463 g/mol. The molecule has 4 rings (SSSR count). The minimum atomic E-state index is -3.74. The number of nitrogens with zero attached hydrogens (tertiary/aromatic N) is 3. The standard InChI is InChI=1S/C23H22N6O3S/c1-16-14-22(29-23(26-16)28-18-7-11-21(12-8-18)33(24,30)31)27-17-5-9-20(10-6-17)32-15-19-4-2-3-13-25-19/h2-14H,15H2,1H3,(H2,24,30,31)(H2,26,27,28,29). The van der Waals surface area contributed by atoms with Gasteiger partial charge in [0, 0.05) is 29.3 Å². The van der Waals surface area contributed by atoms with E-state index in [1.54, 1.807) is 18.3 Å². The number of anilines is 4. The van der Waals surface area contributed by atoms with Gasteiger partial charge in [-0.15, -0.1) is 0 Å². The summed E-state index contributed by atoms with van der Waals surface area (Å²) in [5.41, 5.74) is 3.08. The molecule has 0 saturated carbocycles. The molecule has 0 radical (unpaired) electrons. The van der Waals surface area contributed by atoms with E-state index in [1.165, 1.54) is 12.1 Å². The first-order valence-corrected chi connectivity index (χ1v) is 11.6. The van der Waals surface area contributed by atoms with Crippen molar-refractivity contribution in [3.8, 4) is 5.75 Å². The van der Waals surface area contributed by atoms with Crippen molar-refractivity contribution in [2.75, 3.05) is 10.6 Å². The Morgan fingerprint density at radius 3 is 2.27 bits per heavy atom. The van der Waals surface area contributed by atoms with Crippen LogP contribution in [0, 0.1) is 6.92 Å². The van der Waals surface area contributed by atoms with Gasteiger partial charge in [-0.05, 0) is 67.6 Å². The van der Waals surface area contributed by atoms with Gasteiger partial charge in [0.1, 0.15) is 18.2 Å². The molecule has 0 spiro atoms. The molecule has 4 aromatic rings. The first-order valence-electron chi connectivity index (χ1n) is 10.0. The van der Waals surface area contributed by atoms with Crippen molar-refractivity contribution in [2.24, 2.45) is 5.14 Å². The van der Waals surface area contributed by atoms with E-state index in [0.717, 1.165) is 22.8 Å². The highest BCUT2D eigenvalue weighted by Crippen LogP contribution is 2.22. The van der Waals surface area contributed by atoms with Crippen LogP contribution in [0.4, 0.5) is 23.1 Å². The van der Waals surface area contributed by atoms with Crippen LogP contribution in [0.3, 0.4) is 0 Å². The Balaban J connectivity index is 1.41. The minimum Gasteiger partial charge on any atom is -0.487 e. The molecule has 0 atom stereocenters. The van der Waals surface area contributed by atoms with Crippen molar-refractivity contribution in [1.29, 1.82) is 0 Å². The first-order chi connectivity index (χ1) is 15.8. The molecule has 168 valence electrons. The first kappa shape index (κ1) is 22.2. The van der Waals surface area contributed by atoms with Crippen molar-refractivity contribution in [2.45, 2.75) is 18.4 Å². The summed E-state index contributed by atoms with van der Waals surface area (Å²) < 4.78 is 28.6. The van der Waals surface area contributed by atoms with E-state index < -0.39 is 10.0 Å². The SMILES string of the molecule is Cc1cc(Nc2ccc(OCc3ccccn3)cc2)nc(Nc2ccc(S(N)(=O)=O)cc2)n1. The van der Waals surface area contributed by atoms with Gasteiger partial charge in [0.2, 0.25) is 16.0 Å². The van der Waals surface area contributed by atoms with Gasteiger partial charge in [-0.25, -0.2) is 18.5 Å². The summed E-state index contributed by atoms with van der Waals surface area (Å²) in [4.78, 5) is 13.1. The fraction of sp³-hybridized carbons (Fsp3) is 0.0870. The van der Waals surface area contributed by atoms with Crippen LogP contribution in [-0.2, 0) is 16.6 Å². The van der Waals surface area contributed by atoms with Gasteiger partial charge in [-0.1, -0.05) is 6.07 Å². The highest BCUT2D eigenvalue weighted by atomic mass is 32.2. The Hall–Kier alpha value is -4.02. The number of nitrogens with one attached hydrogen (secondary N) is 2. The predicted molar refractivity (Wildman–Crippen MR) is 126 cm³/mol. The molecular weight excluding hydrogens is 440 g/mol. The predicted octanol–water partition coefficient (Wildman–Crippen LogP) is 3.89. The van der Waals surface area contributed by atoms with E-state index in [-0.39, 0.29) is 4.90 Å². The monoisotopic (exact) mass is 462 g/mol. The van der Waals surface area contributed by atoms with Gasteiger partial charge < -0.3 is 15.4 Å². The largest absolute Gasteiger partial charge is 0.487 e. The third-order valence-corrected chi connectivity index (χ3v) is 5.46. The summed E-state index contributed by atoms with van der Waals surface area (Å²) in [6.07, 6.45) is 1.73.